The molecule has 1 aliphatic rings. The summed E-state index contributed by atoms with van der Waals surface area (Å²) in [5.74, 6) is -2.37. The third-order valence-electron chi connectivity index (χ3n) is 11.9. The minimum absolute atomic E-state index is 0.0219. The van der Waals surface area contributed by atoms with Crippen molar-refractivity contribution in [2.45, 2.75) is 78.1 Å². The molecule has 23 heteroatoms. The van der Waals surface area contributed by atoms with E-state index in [9.17, 15) is 42.3 Å². The Morgan fingerprint density at radius 2 is 1.62 bits per heavy atom. The fourth-order valence-electron chi connectivity index (χ4n) is 7.99. The number of carbonyl (C=O) groups is 6. The number of aryl methyl sites for hydroxylation is 1. The first-order valence-electron chi connectivity index (χ1n) is 23.7. The van der Waals surface area contributed by atoms with E-state index in [0.717, 1.165) is 54.8 Å². The van der Waals surface area contributed by atoms with Crippen molar-refractivity contribution in [1.82, 2.24) is 45.1 Å². The first-order valence-corrected chi connectivity index (χ1v) is 27.3. The molecule has 6 amide bonds. The first-order chi connectivity index (χ1) is 35.2. The summed E-state index contributed by atoms with van der Waals surface area (Å²) in [5.41, 5.74) is 7.03. The second-order valence-electron chi connectivity index (χ2n) is 18.7. The maximum Gasteiger partial charge on any atom is 0.253 e. The van der Waals surface area contributed by atoms with Crippen LogP contribution in [0.5, 0.6) is 5.88 Å². The zero-order valence-corrected chi connectivity index (χ0v) is 43.9. The number of benzene rings is 2. The fourth-order valence-corrected chi connectivity index (χ4v) is 10.1. The zero-order valence-electron chi connectivity index (χ0n) is 41.4. The lowest BCUT2D eigenvalue weighted by Gasteiger charge is -2.35. The number of amides is 6. The van der Waals surface area contributed by atoms with Gasteiger partial charge in [0, 0.05) is 68.0 Å². The quantitative estimate of drug-likeness (QED) is 0.0532. The predicted molar refractivity (Wildman–Crippen MR) is 280 cm³/mol. The maximum atomic E-state index is 14.0. The largest absolute Gasteiger partial charge is 0.476 e. The topological polar surface area (TPSA) is 273 Å². The summed E-state index contributed by atoms with van der Waals surface area (Å²) in [4.78, 5) is 94.0. The van der Waals surface area contributed by atoms with E-state index in [1.165, 1.54) is 28.5 Å². The SMILES string of the molecule is Cc1ncsc1-c1ccc(CNC(=O)[C@@H]2C[C@@H](O)CN2C(=O)[C@@H](NC(=O)CCCC(=O)NCCOc2cc(-c3cccc(-c4csc(NC(=O)CNC(=O)c5ccn(S(C)(=O)=O)c5)n4)c3)ccn2)C(C)(C)C)cc1. The molecule has 1 aliphatic heterocycles. The Morgan fingerprint density at radius 3 is 2.34 bits per heavy atom. The Balaban J connectivity index is 0.818. The van der Waals surface area contributed by atoms with Crippen LogP contribution in [0, 0.1) is 12.3 Å². The van der Waals surface area contributed by atoms with Crippen LogP contribution in [0.4, 0.5) is 5.13 Å². The van der Waals surface area contributed by atoms with Crippen LogP contribution >= 0.6 is 22.7 Å². The van der Waals surface area contributed by atoms with Gasteiger partial charge in [-0.25, -0.2) is 23.4 Å². The molecule has 6 aromatic rings. The molecule has 7 rings (SSSR count). The molecular weight excluding hydrogens is 1010 g/mol. The van der Waals surface area contributed by atoms with Gasteiger partial charge in [-0.3, -0.25) is 32.7 Å². The van der Waals surface area contributed by atoms with Gasteiger partial charge in [0.15, 0.2) is 5.13 Å². The number of nitrogens with zero attached hydrogens (tertiary/aromatic N) is 5. The standard InChI is InChI=1S/C51H58N10O10S3/c1-31-45(73-30-56-31)33-14-12-32(13-15-33)25-54-48(67)40-24-38(62)28-61(40)49(68)46(51(2,3)4)58-42(64)11-7-10-41(63)52-19-21-71-44-23-35(16-18-53-44)34-8-6-9-36(22-34)39-29-72-50(57-39)59-43(65)26-55-47(66)37-17-20-60(27-37)74(5,69)70/h6,8-9,12-18,20,22-23,27,29-30,38,40,46,62H,7,10-11,19,21,24-26,28H2,1-5H3,(H,52,63)(H,54,67)(H,55,66)(H,58,64)(H,57,59,65)/t38-,40+,46-/m1/s1. The van der Waals surface area contributed by atoms with Crippen LogP contribution in [-0.2, 0) is 40.5 Å². The van der Waals surface area contributed by atoms with Gasteiger partial charge in [0.2, 0.25) is 45.4 Å². The molecule has 0 spiro atoms. The number of pyridine rings is 1. The number of anilines is 1. The lowest BCUT2D eigenvalue weighted by Crippen LogP contribution is -2.57. The predicted octanol–water partition coefficient (Wildman–Crippen LogP) is 4.76. The molecule has 1 fully saturated rings. The minimum Gasteiger partial charge on any atom is -0.476 e. The lowest BCUT2D eigenvalue weighted by molar-refractivity contribution is -0.144. The zero-order chi connectivity index (χ0) is 53.2. The molecule has 0 bridgehead atoms. The average Bonchev–Trinajstić information content (AvgIpc) is 4.21. The van der Waals surface area contributed by atoms with Crippen LogP contribution < -0.4 is 31.3 Å². The van der Waals surface area contributed by atoms with E-state index in [1.54, 1.807) is 34.5 Å². The molecule has 74 heavy (non-hydrogen) atoms. The van der Waals surface area contributed by atoms with Crippen molar-refractivity contribution in [2.75, 3.05) is 37.8 Å². The molecule has 3 atom stereocenters. The Kier molecular flexibility index (Phi) is 17.8. The smallest absolute Gasteiger partial charge is 0.253 e. The van der Waals surface area contributed by atoms with E-state index < -0.39 is 63.2 Å². The van der Waals surface area contributed by atoms with Gasteiger partial charge in [-0.1, -0.05) is 63.2 Å². The number of carbonyl (C=O) groups excluding carboxylic acids is 6. The van der Waals surface area contributed by atoms with Crippen molar-refractivity contribution in [2.24, 2.45) is 5.41 Å². The van der Waals surface area contributed by atoms with Crippen LogP contribution in [0.2, 0.25) is 0 Å². The lowest BCUT2D eigenvalue weighted by atomic mass is 9.85. The van der Waals surface area contributed by atoms with Crippen molar-refractivity contribution in [3.63, 3.8) is 0 Å². The Labute approximate surface area is 436 Å². The van der Waals surface area contributed by atoms with Gasteiger partial charge in [-0.15, -0.1) is 22.7 Å². The normalized spacial score (nSPS) is 15.0. The van der Waals surface area contributed by atoms with E-state index in [-0.39, 0.29) is 69.9 Å². The minimum atomic E-state index is -3.55. The molecule has 0 unspecified atom stereocenters. The van der Waals surface area contributed by atoms with Crippen LogP contribution in [0.1, 0.15) is 68.1 Å². The van der Waals surface area contributed by atoms with E-state index in [2.05, 4.69) is 41.5 Å². The number of aliphatic hydroxyl groups is 1. The maximum absolute atomic E-state index is 14.0. The number of nitrogens with one attached hydrogen (secondary N) is 5. The van der Waals surface area contributed by atoms with Gasteiger partial charge < -0.3 is 41.3 Å². The van der Waals surface area contributed by atoms with Crippen molar-refractivity contribution in [3.8, 4) is 38.7 Å². The number of thiazole rings is 2. The molecule has 5 heterocycles. The summed E-state index contributed by atoms with van der Waals surface area (Å²) >= 11 is 2.76. The molecule has 20 nitrogen and oxygen atoms in total. The summed E-state index contributed by atoms with van der Waals surface area (Å²) < 4.78 is 30.1. The van der Waals surface area contributed by atoms with Gasteiger partial charge in [-0.2, -0.15) is 0 Å². The van der Waals surface area contributed by atoms with E-state index >= 15 is 0 Å². The second kappa shape index (κ2) is 24.1. The van der Waals surface area contributed by atoms with Crippen molar-refractivity contribution < 1.29 is 47.0 Å². The first kappa shape index (κ1) is 54.4. The van der Waals surface area contributed by atoms with Crippen LogP contribution in [0.3, 0.4) is 0 Å². The monoisotopic (exact) mass is 1070 g/mol. The molecule has 4 aromatic heterocycles. The number of hydrogen-bond donors (Lipinski definition) is 6. The number of rotatable bonds is 21. The van der Waals surface area contributed by atoms with E-state index in [0.29, 0.717) is 16.7 Å². The van der Waals surface area contributed by atoms with Crippen molar-refractivity contribution in [3.05, 3.63) is 113 Å². The highest BCUT2D eigenvalue weighted by Crippen LogP contribution is 2.31. The molecule has 6 N–H and O–H groups in total. The second-order valence-corrected chi connectivity index (χ2v) is 22.3. The highest BCUT2D eigenvalue weighted by molar-refractivity contribution is 7.89. The highest BCUT2D eigenvalue weighted by atomic mass is 32.2. The molecule has 1 saturated heterocycles. The molecule has 0 radical (unpaired) electrons. The van der Waals surface area contributed by atoms with Crippen LogP contribution in [0.15, 0.2) is 96.2 Å². The summed E-state index contributed by atoms with van der Waals surface area (Å²) in [6, 6.07) is 18.4. The summed E-state index contributed by atoms with van der Waals surface area (Å²) in [6.45, 7) is 7.50. The number of hydrogen-bond acceptors (Lipinski definition) is 15. The number of aliphatic hydroxyl groups excluding tert-OH is 1. The molecule has 0 saturated carbocycles. The number of aromatic nitrogens is 4. The third kappa shape index (κ3) is 14.7. The van der Waals surface area contributed by atoms with Gasteiger partial charge in [0.25, 0.3) is 5.91 Å². The molecule has 2 aromatic carbocycles. The third-order valence-corrected chi connectivity index (χ3v) is 14.6. The Morgan fingerprint density at radius 1 is 0.878 bits per heavy atom. The van der Waals surface area contributed by atoms with Crippen LogP contribution in [0.25, 0.3) is 32.8 Å². The Hall–Kier alpha value is -7.34. The fraction of sp³-hybridized carbons (Fsp3) is 0.353. The molecule has 390 valence electrons. The molecular formula is C51H58N10O10S3. The van der Waals surface area contributed by atoms with Gasteiger partial charge in [0.1, 0.15) is 18.7 Å². The summed E-state index contributed by atoms with van der Waals surface area (Å²) in [6.07, 6.45) is 4.43. The number of ether oxygens (including phenoxy) is 1. The van der Waals surface area contributed by atoms with Crippen molar-refractivity contribution >= 4 is 73.3 Å². The Bertz CT molecular complexity index is 3110. The molecule has 0 aliphatic carbocycles. The van der Waals surface area contributed by atoms with Crippen LogP contribution in [-0.4, -0.2) is 123 Å². The average molecular weight is 1070 g/mol. The van der Waals surface area contributed by atoms with Gasteiger partial charge >= 0.3 is 0 Å². The summed E-state index contributed by atoms with van der Waals surface area (Å²) in [7, 11) is -3.55. The van der Waals surface area contributed by atoms with E-state index in [1.807, 2.05) is 82.3 Å². The van der Waals surface area contributed by atoms with Gasteiger partial charge in [0.05, 0.1) is 52.8 Å². The number of β-amino-alcohol motifs (C(OH)–C–C–N with tert-alkyl or cyclic N) is 1. The highest BCUT2D eigenvalue weighted by Gasteiger charge is 2.44. The van der Waals surface area contributed by atoms with E-state index in [4.69, 9.17) is 4.74 Å². The number of likely N-dealkylation sites (tertiary alicyclic amines) is 1. The van der Waals surface area contributed by atoms with Gasteiger partial charge in [-0.05, 0) is 59.2 Å². The van der Waals surface area contributed by atoms with Crippen molar-refractivity contribution in [1.29, 1.82) is 0 Å². The summed E-state index contributed by atoms with van der Waals surface area (Å²) in [5, 5.41) is 26.3.